The molecule has 3 aromatic carbocycles. The smallest absolute Gasteiger partial charge is 0.407 e. The first-order chi connectivity index (χ1) is 22.6. The molecular weight excluding hydrogens is 606 g/mol. The van der Waals surface area contributed by atoms with Crippen LogP contribution in [-0.2, 0) is 4.74 Å². The number of carbonyl (C=O) groups is 2. The largest absolute Gasteiger partial charge is 0.451 e. The molecule has 1 unspecified atom stereocenters. The number of benzene rings is 3. The van der Waals surface area contributed by atoms with Crippen molar-refractivity contribution in [1.82, 2.24) is 20.5 Å². The number of ether oxygens (including phenoxy) is 2. The zero-order valence-electron chi connectivity index (χ0n) is 28.8. The van der Waals surface area contributed by atoms with Gasteiger partial charge >= 0.3 is 6.09 Å². The van der Waals surface area contributed by atoms with Crippen LogP contribution in [0.3, 0.4) is 0 Å². The number of rotatable bonds is 4. The molecular formula is C38H45N5O5. The molecule has 3 N–H and O–H groups in total. The molecule has 0 saturated carbocycles. The van der Waals surface area contributed by atoms with Gasteiger partial charge in [-0.1, -0.05) is 24.3 Å². The average Bonchev–Trinajstić information content (AvgIpc) is 3.42. The summed E-state index contributed by atoms with van der Waals surface area (Å²) in [7, 11) is 0. The van der Waals surface area contributed by atoms with E-state index in [9.17, 15) is 14.4 Å². The predicted octanol–water partition coefficient (Wildman–Crippen LogP) is 6.39. The summed E-state index contributed by atoms with van der Waals surface area (Å²) in [5.74, 6) is 0.813. The number of pyridine rings is 1. The van der Waals surface area contributed by atoms with Gasteiger partial charge in [-0.3, -0.25) is 9.59 Å². The van der Waals surface area contributed by atoms with Crippen molar-refractivity contribution in [2.24, 2.45) is 0 Å². The van der Waals surface area contributed by atoms with Gasteiger partial charge < -0.3 is 34.9 Å². The number of carbonyl (C=O) groups excluding carboxylic acids is 2. The molecule has 252 valence electrons. The summed E-state index contributed by atoms with van der Waals surface area (Å²) in [6, 6.07) is 15.6. The van der Waals surface area contributed by atoms with Crippen molar-refractivity contribution in [2.75, 3.05) is 18.0 Å². The Hall–Kier alpha value is -4.57. The highest BCUT2D eigenvalue weighted by Crippen LogP contribution is 2.47. The number of fused-ring (bicyclic) bond motifs is 3. The molecule has 10 nitrogen and oxygen atoms in total. The molecule has 4 aromatic rings. The summed E-state index contributed by atoms with van der Waals surface area (Å²) in [6.45, 7) is 15.3. The predicted molar refractivity (Wildman–Crippen MR) is 189 cm³/mol. The molecule has 0 radical (unpaired) electrons. The number of piperidine rings is 1. The fourth-order valence-corrected chi connectivity index (χ4v) is 7.93. The molecule has 2 saturated heterocycles. The zero-order chi connectivity index (χ0) is 34.2. The molecule has 2 fully saturated rings. The molecule has 2 amide bonds. The topological polar surface area (TPSA) is 114 Å². The van der Waals surface area contributed by atoms with E-state index in [1.165, 1.54) is 0 Å². The SMILES string of the molecule is CC1(C)CC(NC(=O)c2cn3c4c(c(N5CCC(NC(=O)OC(C)(C)C)C5)ccc4c2=O)Oc2cc4ccccc4cc2-3)CC(C)(C)N1. The normalized spacial score (nSPS) is 19.9. The first kappa shape index (κ1) is 32.0. The van der Waals surface area contributed by atoms with Gasteiger partial charge in [0, 0.05) is 36.4 Å². The Kier molecular flexibility index (Phi) is 7.51. The second kappa shape index (κ2) is 11.3. The number of amides is 2. The monoisotopic (exact) mass is 651 g/mol. The highest BCUT2D eigenvalue weighted by atomic mass is 16.6. The molecule has 1 aromatic heterocycles. The number of hydrogen-bond donors (Lipinski definition) is 3. The molecule has 10 heteroatoms. The number of alkyl carbamates (subject to hydrolysis) is 1. The highest BCUT2D eigenvalue weighted by Gasteiger charge is 2.39. The Balaban J connectivity index is 1.29. The Bertz CT molecular complexity index is 2010. The van der Waals surface area contributed by atoms with Gasteiger partial charge in [0.25, 0.3) is 5.91 Å². The van der Waals surface area contributed by atoms with Crippen LogP contribution >= 0.6 is 0 Å². The van der Waals surface area contributed by atoms with Crippen LogP contribution < -0.4 is 31.0 Å². The second-order valence-corrected chi connectivity index (χ2v) is 15.9. The number of hydrogen-bond acceptors (Lipinski definition) is 7. The minimum Gasteiger partial charge on any atom is -0.451 e. The number of anilines is 1. The van der Waals surface area contributed by atoms with E-state index in [2.05, 4.69) is 48.5 Å². The summed E-state index contributed by atoms with van der Waals surface area (Å²) >= 11 is 0. The number of aromatic nitrogens is 1. The van der Waals surface area contributed by atoms with Crippen molar-refractivity contribution in [1.29, 1.82) is 0 Å². The maximum atomic E-state index is 14.1. The Morgan fingerprint density at radius 2 is 1.62 bits per heavy atom. The van der Waals surface area contributed by atoms with E-state index in [0.717, 1.165) is 41.4 Å². The van der Waals surface area contributed by atoms with Gasteiger partial charge in [-0.15, -0.1) is 0 Å². The standard InChI is InChI=1S/C38H45N5O5/c1-36(2,3)48-35(46)40-24-14-15-42(20-24)28-13-12-26-31-33(28)47-30-17-23-11-9-8-10-22(23)16-29(30)43(31)21-27(32(26)44)34(45)39-25-18-37(4,5)41-38(6,7)19-25/h8-13,16-17,21,24-25,41H,14-15,18-20H2,1-7H3,(H,39,45)(H,40,46). The van der Waals surface area contributed by atoms with Crippen molar-refractivity contribution in [2.45, 2.75) is 96.5 Å². The molecule has 7 rings (SSSR count). The van der Waals surface area contributed by atoms with E-state index in [1.807, 2.05) is 67.8 Å². The minimum absolute atomic E-state index is 0.0879. The lowest BCUT2D eigenvalue weighted by molar-refractivity contribution is 0.0508. The lowest BCUT2D eigenvalue weighted by Gasteiger charge is -2.46. The van der Waals surface area contributed by atoms with Gasteiger partial charge in [-0.25, -0.2) is 4.79 Å². The van der Waals surface area contributed by atoms with Crippen LogP contribution in [0.2, 0.25) is 0 Å². The summed E-state index contributed by atoms with van der Waals surface area (Å²) < 4.78 is 14.1. The van der Waals surface area contributed by atoms with Gasteiger partial charge in [-0.05, 0) is 103 Å². The molecule has 48 heavy (non-hydrogen) atoms. The average molecular weight is 652 g/mol. The third-order valence-corrected chi connectivity index (χ3v) is 9.42. The first-order valence-electron chi connectivity index (χ1n) is 16.8. The van der Waals surface area contributed by atoms with Gasteiger partial charge in [-0.2, -0.15) is 0 Å². The van der Waals surface area contributed by atoms with Crippen molar-refractivity contribution in [3.63, 3.8) is 0 Å². The van der Waals surface area contributed by atoms with Crippen molar-refractivity contribution >= 4 is 39.4 Å². The maximum Gasteiger partial charge on any atom is 0.407 e. The number of nitrogens with one attached hydrogen (secondary N) is 3. The molecule has 1 atom stereocenters. The van der Waals surface area contributed by atoms with E-state index in [0.29, 0.717) is 35.5 Å². The third kappa shape index (κ3) is 6.09. The van der Waals surface area contributed by atoms with Crippen LogP contribution in [-0.4, -0.2) is 58.4 Å². The van der Waals surface area contributed by atoms with Crippen LogP contribution in [0, 0.1) is 0 Å². The highest BCUT2D eigenvalue weighted by molar-refractivity contribution is 6.02. The molecule has 0 aliphatic carbocycles. The van der Waals surface area contributed by atoms with Gasteiger partial charge in [0.15, 0.2) is 11.5 Å². The maximum absolute atomic E-state index is 14.1. The first-order valence-corrected chi connectivity index (χ1v) is 16.8. The summed E-state index contributed by atoms with van der Waals surface area (Å²) in [4.78, 5) is 42.8. The minimum atomic E-state index is -0.587. The third-order valence-electron chi connectivity index (χ3n) is 9.42. The van der Waals surface area contributed by atoms with Crippen LogP contribution in [0.15, 0.2) is 59.5 Å². The quantitative estimate of drug-likeness (QED) is 0.206. The van der Waals surface area contributed by atoms with Crippen LogP contribution in [0.5, 0.6) is 11.5 Å². The molecule has 4 heterocycles. The Morgan fingerprint density at radius 3 is 2.31 bits per heavy atom. The van der Waals surface area contributed by atoms with Gasteiger partial charge in [0.2, 0.25) is 5.43 Å². The fourth-order valence-electron chi connectivity index (χ4n) is 7.93. The Labute approximate surface area is 280 Å². The van der Waals surface area contributed by atoms with E-state index >= 15 is 0 Å². The lowest BCUT2D eigenvalue weighted by atomic mass is 9.79. The van der Waals surface area contributed by atoms with Crippen molar-refractivity contribution in [3.05, 3.63) is 70.5 Å². The zero-order valence-corrected chi connectivity index (χ0v) is 28.8. The van der Waals surface area contributed by atoms with E-state index < -0.39 is 11.7 Å². The fraction of sp³-hybridized carbons (Fsp3) is 0.447. The summed E-state index contributed by atoms with van der Waals surface area (Å²) in [5, 5.41) is 12.3. The van der Waals surface area contributed by atoms with Crippen LogP contribution in [0.25, 0.3) is 27.4 Å². The molecule has 3 aliphatic rings. The Morgan fingerprint density at radius 1 is 0.938 bits per heavy atom. The van der Waals surface area contributed by atoms with E-state index in [1.54, 1.807) is 12.3 Å². The second-order valence-electron chi connectivity index (χ2n) is 15.9. The van der Waals surface area contributed by atoms with E-state index in [4.69, 9.17) is 9.47 Å². The molecule has 3 aliphatic heterocycles. The number of nitrogens with zero attached hydrogens (tertiary/aromatic N) is 2. The lowest BCUT2D eigenvalue weighted by Crippen LogP contribution is -2.62. The summed E-state index contributed by atoms with van der Waals surface area (Å²) in [5.41, 5.74) is 1.04. The van der Waals surface area contributed by atoms with Gasteiger partial charge in [0.05, 0.1) is 22.8 Å². The van der Waals surface area contributed by atoms with Crippen LogP contribution in [0.4, 0.5) is 10.5 Å². The van der Waals surface area contributed by atoms with E-state index in [-0.39, 0.29) is 40.1 Å². The molecule has 0 spiro atoms. The van der Waals surface area contributed by atoms with Crippen molar-refractivity contribution < 1.29 is 19.1 Å². The summed E-state index contributed by atoms with van der Waals surface area (Å²) in [6.07, 6.45) is 3.47. The van der Waals surface area contributed by atoms with Crippen LogP contribution in [0.1, 0.15) is 78.1 Å². The van der Waals surface area contributed by atoms with Crippen molar-refractivity contribution in [3.8, 4) is 17.2 Å². The molecule has 0 bridgehead atoms. The van der Waals surface area contributed by atoms with Gasteiger partial charge in [0.1, 0.15) is 16.7 Å².